The molecule has 4 nitrogen and oxygen atoms in total. The summed E-state index contributed by atoms with van der Waals surface area (Å²) < 4.78 is 24.2. The lowest BCUT2D eigenvalue weighted by Gasteiger charge is -2.26. The van der Waals surface area contributed by atoms with Gasteiger partial charge in [-0.25, -0.2) is 14.4 Å². The molecule has 0 bridgehead atoms. The van der Waals surface area contributed by atoms with Gasteiger partial charge in [-0.05, 0) is 36.6 Å². The fraction of sp³-hybridized carbons (Fsp3) is 0.400. The monoisotopic (exact) mass is 340 g/mol. The molecule has 25 heavy (non-hydrogen) atoms. The number of nitrogens with zero attached hydrogens (tertiary/aromatic N) is 2. The molecule has 0 amide bonds. The number of aromatic nitrogens is 2. The molecule has 1 aliphatic rings. The van der Waals surface area contributed by atoms with Crippen LogP contribution in [0.4, 0.5) is 4.39 Å². The Morgan fingerprint density at radius 3 is 2.44 bits per heavy atom. The van der Waals surface area contributed by atoms with E-state index in [1.807, 2.05) is 0 Å². The van der Waals surface area contributed by atoms with Gasteiger partial charge in [0.1, 0.15) is 5.82 Å². The summed E-state index contributed by atoms with van der Waals surface area (Å²) in [5.74, 6) is 6.66. The average Bonchev–Trinajstić information content (AvgIpc) is 2.67. The number of hydrogen-bond donors (Lipinski definition) is 0. The highest BCUT2D eigenvalue weighted by Gasteiger charge is 2.20. The molecule has 0 N–H and O–H groups in total. The van der Waals surface area contributed by atoms with Crippen molar-refractivity contribution in [2.24, 2.45) is 5.92 Å². The Balaban J connectivity index is 1.56. The Kier molecular flexibility index (Phi) is 6.10. The maximum Gasteiger partial charge on any atom is 0.222 e. The van der Waals surface area contributed by atoms with Gasteiger partial charge < -0.3 is 9.47 Å². The zero-order valence-corrected chi connectivity index (χ0v) is 14.2. The number of benzene rings is 1. The molecular weight excluding hydrogens is 319 g/mol. The fourth-order valence-corrected chi connectivity index (χ4v) is 2.57. The van der Waals surface area contributed by atoms with Crippen molar-refractivity contribution in [2.75, 3.05) is 13.2 Å². The second-order valence-electron chi connectivity index (χ2n) is 6.08. The third-order valence-corrected chi connectivity index (χ3v) is 4.02. The number of rotatable bonds is 4. The van der Waals surface area contributed by atoms with Crippen molar-refractivity contribution in [3.8, 4) is 23.2 Å². The molecule has 0 atom stereocenters. The van der Waals surface area contributed by atoms with Crippen LogP contribution in [0.15, 0.2) is 36.7 Å². The van der Waals surface area contributed by atoms with E-state index in [4.69, 9.17) is 9.47 Å². The van der Waals surface area contributed by atoms with Crippen LogP contribution in [0.5, 0.6) is 0 Å². The van der Waals surface area contributed by atoms with Gasteiger partial charge in [0.15, 0.2) is 5.82 Å². The summed E-state index contributed by atoms with van der Waals surface area (Å²) in [6.07, 6.45) is 6.32. The Morgan fingerprint density at radius 1 is 1.12 bits per heavy atom. The van der Waals surface area contributed by atoms with Crippen LogP contribution in [-0.2, 0) is 9.47 Å². The second kappa shape index (κ2) is 8.70. The van der Waals surface area contributed by atoms with Gasteiger partial charge >= 0.3 is 0 Å². The summed E-state index contributed by atoms with van der Waals surface area (Å²) in [5, 5.41) is 0. The first kappa shape index (κ1) is 17.5. The van der Waals surface area contributed by atoms with Crippen LogP contribution in [-0.4, -0.2) is 29.5 Å². The number of ether oxygens (including phenoxy) is 2. The zero-order valence-electron chi connectivity index (χ0n) is 14.2. The largest absolute Gasteiger partial charge is 0.342 e. The molecule has 5 heteroatoms. The Morgan fingerprint density at radius 2 is 1.80 bits per heavy atom. The number of unbranched alkanes of at least 4 members (excludes halogenated alkanes) is 1. The molecule has 0 unspecified atom stereocenters. The summed E-state index contributed by atoms with van der Waals surface area (Å²) in [4.78, 5) is 8.54. The molecule has 2 aromatic rings. The molecule has 2 heterocycles. The minimum Gasteiger partial charge on any atom is -0.342 e. The van der Waals surface area contributed by atoms with E-state index >= 15 is 0 Å². The SMILES string of the molecule is CCCCC1COC(C#Cc2cnc(-c3ccc(F)cc3)nc2)OC1. The highest BCUT2D eigenvalue weighted by atomic mass is 19.1. The quantitative estimate of drug-likeness (QED) is 0.794. The van der Waals surface area contributed by atoms with Crippen LogP contribution in [0.2, 0.25) is 0 Å². The first-order valence-electron chi connectivity index (χ1n) is 8.57. The van der Waals surface area contributed by atoms with E-state index < -0.39 is 6.29 Å². The van der Waals surface area contributed by atoms with Crippen LogP contribution >= 0.6 is 0 Å². The van der Waals surface area contributed by atoms with Crippen LogP contribution in [0.3, 0.4) is 0 Å². The van der Waals surface area contributed by atoms with E-state index in [1.54, 1.807) is 24.5 Å². The predicted octanol–water partition coefficient (Wildman–Crippen LogP) is 3.81. The summed E-state index contributed by atoms with van der Waals surface area (Å²) in [6.45, 7) is 3.57. The molecule has 1 saturated heterocycles. The zero-order chi connectivity index (χ0) is 17.5. The van der Waals surface area contributed by atoms with Gasteiger partial charge in [-0.15, -0.1) is 0 Å². The topological polar surface area (TPSA) is 44.2 Å². The molecule has 1 aliphatic heterocycles. The van der Waals surface area contributed by atoms with E-state index in [9.17, 15) is 4.39 Å². The molecule has 0 saturated carbocycles. The van der Waals surface area contributed by atoms with Crippen molar-refractivity contribution in [3.63, 3.8) is 0 Å². The van der Waals surface area contributed by atoms with Gasteiger partial charge in [-0.1, -0.05) is 25.7 Å². The molecule has 3 rings (SSSR count). The van der Waals surface area contributed by atoms with Crippen LogP contribution in [0.25, 0.3) is 11.4 Å². The molecule has 0 aliphatic carbocycles. The lowest BCUT2D eigenvalue weighted by Crippen LogP contribution is -2.31. The maximum absolute atomic E-state index is 12.9. The highest BCUT2D eigenvalue weighted by molar-refractivity contribution is 5.54. The lowest BCUT2D eigenvalue weighted by molar-refractivity contribution is -0.170. The molecule has 0 radical (unpaired) electrons. The van der Waals surface area contributed by atoms with Gasteiger partial charge in [0.05, 0.1) is 18.8 Å². The molecule has 1 fully saturated rings. The summed E-state index contributed by atoms with van der Waals surface area (Å²) in [5.41, 5.74) is 1.45. The maximum atomic E-state index is 12.9. The van der Waals surface area contributed by atoms with E-state index in [-0.39, 0.29) is 5.82 Å². The first-order valence-corrected chi connectivity index (χ1v) is 8.57. The average molecular weight is 340 g/mol. The Labute approximate surface area is 147 Å². The van der Waals surface area contributed by atoms with Crippen LogP contribution < -0.4 is 0 Å². The van der Waals surface area contributed by atoms with Gasteiger partial charge in [-0.3, -0.25) is 0 Å². The Bertz CT molecular complexity index is 727. The van der Waals surface area contributed by atoms with Crippen molar-refractivity contribution < 1.29 is 13.9 Å². The van der Waals surface area contributed by atoms with E-state index in [2.05, 4.69) is 28.7 Å². The molecule has 130 valence electrons. The second-order valence-corrected chi connectivity index (χ2v) is 6.08. The summed E-state index contributed by atoms with van der Waals surface area (Å²) in [7, 11) is 0. The molecular formula is C20H21FN2O2. The van der Waals surface area contributed by atoms with Gasteiger partial charge in [0.25, 0.3) is 0 Å². The van der Waals surface area contributed by atoms with E-state index in [0.717, 1.165) is 12.0 Å². The van der Waals surface area contributed by atoms with Crippen LogP contribution in [0.1, 0.15) is 31.7 Å². The Hall–Kier alpha value is -2.29. The number of hydrogen-bond acceptors (Lipinski definition) is 4. The van der Waals surface area contributed by atoms with E-state index in [1.165, 1.54) is 25.0 Å². The fourth-order valence-electron chi connectivity index (χ4n) is 2.57. The summed E-state index contributed by atoms with van der Waals surface area (Å²) >= 11 is 0. The van der Waals surface area contributed by atoms with Crippen molar-refractivity contribution in [3.05, 3.63) is 48.0 Å². The van der Waals surface area contributed by atoms with Crippen molar-refractivity contribution >= 4 is 0 Å². The lowest BCUT2D eigenvalue weighted by atomic mass is 10.0. The van der Waals surface area contributed by atoms with Crippen molar-refractivity contribution in [1.29, 1.82) is 0 Å². The van der Waals surface area contributed by atoms with E-state index in [0.29, 0.717) is 30.5 Å². The van der Waals surface area contributed by atoms with Gasteiger partial charge in [0, 0.05) is 23.9 Å². The minimum atomic E-state index is -0.491. The molecule has 1 aromatic carbocycles. The van der Waals surface area contributed by atoms with Crippen molar-refractivity contribution in [1.82, 2.24) is 9.97 Å². The predicted molar refractivity (Wildman–Crippen MR) is 93.0 cm³/mol. The van der Waals surface area contributed by atoms with Crippen LogP contribution in [0, 0.1) is 23.6 Å². The van der Waals surface area contributed by atoms with Gasteiger partial charge in [0.2, 0.25) is 6.29 Å². The molecule has 1 aromatic heterocycles. The first-order chi connectivity index (χ1) is 12.2. The smallest absolute Gasteiger partial charge is 0.222 e. The normalized spacial score (nSPS) is 19.9. The molecule has 0 spiro atoms. The third kappa shape index (κ3) is 5.09. The third-order valence-electron chi connectivity index (χ3n) is 4.02. The minimum absolute atomic E-state index is 0.282. The van der Waals surface area contributed by atoms with Gasteiger partial charge in [-0.2, -0.15) is 0 Å². The van der Waals surface area contributed by atoms with Crippen molar-refractivity contribution in [2.45, 2.75) is 32.5 Å². The standard InChI is InChI=1S/C20H21FN2O2/c1-2-3-4-16-13-24-19(25-14-16)10-5-15-11-22-20(23-12-15)17-6-8-18(21)9-7-17/h6-9,11-12,16,19H,2-4,13-14H2,1H3. The summed E-state index contributed by atoms with van der Waals surface area (Å²) in [6, 6.07) is 6.07. The number of halogens is 1. The highest BCUT2D eigenvalue weighted by Crippen LogP contribution is 2.17.